The van der Waals surface area contributed by atoms with E-state index in [9.17, 15) is 19.2 Å². The molecule has 0 radical (unpaired) electrons. The summed E-state index contributed by atoms with van der Waals surface area (Å²) in [6.45, 7) is 1.62. The Kier molecular flexibility index (Phi) is 8.30. The third-order valence-corrected chi connectivity index (χ3v) is 5.00. The molecule has 12 heteroatoms. The molecular formula is C18H27N5O7. The lowest BCUT2D eigenvalue weighted by molar-refractivity contribution is -0.134. The smallest absolute Gasteiger partial charge is 0.290 e. The Morgan fingerprint density at radius 3 is 2.70 bits per heavy atom. The molecule has 2 aliphatic heterocycles. The second kappa shape index (κ2) is 10.7. The number of amides is 2. The van der Waals surface area contributed by atoms with Crippen LogP contribution in [-0.4, -0.2) is 95.4 Å². The lowest BCUT2D eigenvalue weighted by atomic mass is 10.1. The van der Waals surface area contributed by atoms with Crippen molar-refractivity contribution >= 4 is 18.3 Å². The zero-order valence-electron chi connectivity index (χ0n) is 16.9. The van der Waals surface area contributed by atoms with Crippen LogP contribution in [0, 0.1) is 0 Å². The number of nitrogens with zero attached hydrogens (tertiary/aromatic N) is 2. The molecule has 0 spiro atoms. The SMILES string of the molecule is CN(C)C(=O)C[C@H]1CN2C[C@H](NC(=O)Cc3cc(=O)[nH][nH]c3=O)C[C@H]2CO1.O=CO. The van der Waals surface area contributed by atoms with Crippen LogP contribution in [0.25, 0.3) is 0 Å². The van der Waals surface area contributed by atoms with Gasteiger partial charge in [-0.05, 0) is 6.42 Å². The third-order valence-electron chi connectivity index (χ3n) is 5.00. The number of morpholine rings is 1. The summed E-state index contributed by atoms with van der Waals surface area (Å²) in [4.78, 5) is 59.2. The molecule has 1 aromatic rings. The third kappa shape index (κ3) is 6.52. The van der Waals surface area contributed by atoms with Crippen LogP contribution >= 0.6 is 0 Å². The molecule has 4 N–H and O–H groups in total. The fourth-order valence-electron chi connectivity index (χ4n) is 3.59. The van der Waals surface area contributed by atoms with Crippen LogP contribution < -0.4 is 16.4 Å². The Morgan fingerprint density at radius 1 is 1.33 bits per heavy atom. The van der Waals surface area contributed by atoms with Gasteiger partial charge in [-0.1, -0.05) is 0 Å². The van der Waals surface area contributed by atoms with Gasteiger partial charge in [0.05, 0.1) is 25.6 Å². The average molecular weight is 425 g/mol. The van der Waals surface area contributed by atoms with Crippen molar-refractivity contribution in [3.8, 4) is 0 Å². The Balaban J connectivity index is 0.00000101. The normalized spacial score (nSPS) is 22.9. The van der Waals surface area contributed by atoms with E-state index in [0.717, 1.165) is 12.5 Å². The second-order valence-corrected chi connectivity index (χ2v) is 7.45. The summed E-state index contributed by atoms with van der Waals surface area (Å²) in [5, 5.41) is 14.2. The number of aromatic nitrogens is 2. The molecule has 1 aromatic heterocycles. The van der Waals surface area contributed by atoms with E-state index >= 15 is 0 Å². The van der Waals surface area contributed by atoms with Gasteiger partial charge in [0.2, 0.25) is 11.8 Å². The maximum atomic E-state index is 12.2. The van der Waals surface area contributed by atoms with Gasteiger partial charge >= 0.3 is 0 Å². The van der Waals surface area contributed by atoms with E-state index < -0.39 is 11.1 Å². The summed E-state index contributed by atoms with van der Waals surface area (Å²) in [5.74, 6) is -0.262. The predicted molar refractivity (Wildman–Crippen MR) is 105 cm³/mol. The fourth-order valence-corrected chi connectivity index (χ4v) is 3.59. The van der Waals surface area contributed by atoms with E-state index in [4.69, 9.17) is 14.6 Å². The van der Waals surface area contributed by atoms with Gasteiger partial charge in [-0.3, -0.25) is 39.1 Å². The number of hydrogen-bond donors (Lipinski definition) is 4. The summed E-state index contributed by atoms with van der Waals surface area (Å²) in [6.07, 6.45) is 0.821. The van der Waals surface area contributed by atoms with E-state index in [2.05, 4.69) is 20.4 Å². The van der Waals surface area contributed by atoms with Crippen LogP contribution in [0.3, 0.4) is 0 Å². The van der Waals surface area contributed by atoms with Crippen LogP contribution in [0.2, 0.25) is 0 Å². The molecule has 0 aliphatic carbocycles. The summed E-state index contributed by atoms with van der Waals surface area (Å²) < 4.78 is 5.81. The molecule has 0 bridgehead atoms. The molecule has 0 unspecified atom stereocenters. The minimum absolute atomic E-state index is 0.0329. The summed E-state index contributed by atoms with van der Waals surface area (Å²) in [5.41, 5.74) is -0.793. The van der Waals surface area contributed by atoms with Crippen LogP contribution in [0.5, 0.6) is 0 Å². The maximum absolute atomic E-state index is 12.2. The largest absolute Gasteiger partial charge is 0.483 e. The molecule has 2 saturated heterocycles. The van der Waals surface area contributed by atoms with Gasteiger partial charge in [-0.25, -0.2) is 0 Å². The van der Waals surface area contributed by atoms with E-state index in [1.54, 1.807) is 19.0 Å². The second-order valence-electron chi connectivity index (χ2n) is 7.45. The number of rotatable bonds is 5. The van der Waals surface area contributed by atoms with Gasteiger partial charge in [0.1, 0.15) is 0 Å². The zero-order valence-corrected chi connectivity index (χ0v) is 16.9. The van der Waals surface area contributed by atoms with Gasteiger partial charge in [0.15, 0.2) is 0 Å². The van der Waals surface area contributed by atoms with Gasteiger partial charge in [0.25, 0.3) is 17.6 Å². The van der Waals surface area contributed by atoms with Crippen molar-refractivity contribution in [2.24, 2.45) is 0 Å². The lowest BCUT2D eigenvalue weighted by Gasteiger charge is -2.35. The molecule has 30 heavy (non-hydrogen) atoms. The van der Waals surface area contributed by atoms with Crippen molar-refractivity contribution in [2.75, 3.05) is 33.8 Å². The van der Waals surface area contributed by atoms with Crippen molar-refractivity contribution < 1.29 is 24.2 Å². The Bertz CT molecular complexity index is 865. The number of carboxylic acid groups (broad SMARTS) is 1. The van der Waals surface area contributed by atoms with E-state index in [-0.39, 0.29) is 48.5 Å². The average Bonchev–Trinajstić information content (AvgIpc) is 3.06. The van der Waals surface area contributed by atoms with Crippen molar-refractivity contribution in [1.29, 1.82) is 0 Å². The molecular weight excluding hydrogens is 398 g/mol. The number of fused-ring (bicyclic) bond motifs is 1. The highest BCUT2D eigenvalue weighted by molar-refractivity contribution is 5.78. The topological polar surface area (TPSA) is 165 Å². The Labute approximate surface area is 172 Å². The first-order valence-electron chi connectivity index (χ1n) is 9.47. The minimum atomic E-state index is -0.476. The highest BCUT2D eigenvalue weighted by Crippen LogP contribution is 2.24. The number of hydrogen-bond acceptors (Lipinski definition) is 7. The van der Waals surface area contributed by atoms with Crippen LogP contribution in [-0.2, 0) is 25.5 Å². The predicted octanol–water partition coefficient (Wildman–Crippen LogP) is -2.26. The molecule has 12 nitrogen and oxygen atoms in total. The molecule has 2 fully saturated rings. The monoisotopic (exact) mass is 425 g/mol. The van der Waals surface area contributed by atoms with Crippen molar-refractivity contribution in [1.82, 2.24) is 25.3 Å². The standard InChI is InChI=1S/C17H25N5O5.CH2O2/c1-21(2)16(25)6-13-8-22-7-11(5-12(22)9-27-13)18-14(23)3-10-4-15(24)19-20-17(10)26;2-1-3/h4,11-13H,3,5-9H2,1-2H3,(H,18,23)(H,19,24)(H,20,26);1H,(H,2,3)/t11-,12+,13+;/m1./s1. The quantitative estimate of drug-likeness (QED) is 0.384. The van der Waals surface area contributed by atoms with Gasteiger partial charge in [0, 0.05) is 50.9 Å². The summed E-state index contributed by atoms with van der Waals surface area (Å²) in [6, 6.07) is 1.30. The van der Waals surface area contributed by atoms with Crippen LogP contribution in [0.1, 0.15) is 18.4 Å². The van der Waals surface area contributed by atoms with E-state index in [1.807, 2.05) is 0 Å². The molecule has 0 saturated carbocycles. The molecule has 3 heterocycles. The Morgan fingerprint density at radius 2 is 2.03 bits per heavy atom. The lowest BCUT2D eigenvalue weighted by Crippen LogP contribution is -2.47. The number of carbonyl (C=O) groups is 3. The molecule has 2 amide bonds. The fraction of sp³-hybridized carbons (Fsp3) is 0.611. The first kappa shape index (κ1) is 23.3. The molecule has 3 rings (SSSR count). The summed E-state index contributed by atoms with van der Waals surface area (Å²) in [7, 11) is 3.45. The van der Waals surface area contributed by atoms with E-state index in [1.165, 1.54) is 0 Å². The zero-order chi connectivity index (χ0) is 22.3. The molecule has 0 aromatic carbocycles. The number of nitrogens with one attached hydrogen (secondary N) is 3. The summed E-state index contributed by atoms with van der Waals surface area (Å²) >= 11 is 0. The number of aromatic amines is 2. The number of H-pyrrole nitrogens is 2. The molecule has 166 valence electrons. The Hall–Kier alpha value is -2.99. The van der Waals surface area contributed by atoms with Gasteiger partial charge in [-0.2, -0.15) is 0 Å². The van der Waals surface area contributed by atoms with Crippen molar-refractivity contribution in [3.63, 3.8) is 0 Å². The van der Waals surface area contributed by atoms with Gasteiger partial charge < -0.3 is 20.1 Å². The van der Waals surface area contributed by atoms with Crippen molar-refractivity contribution in [3.05, 3.63) is 32.3 Å². The number of carbonyl (C=O) groups excluding carboxylic acids is 2. The molecule has 3 atom stereocenters. The van der Waals surface area contributed by atoms with Crippen LogP contribution in [0.15, 0.2) is 15.7 Å². The van der Waals surface area contributed by atoms with E-state index in [0.29, 0.717) is 26.1 Å². The first-order chi connectivity index (χ1) is 14.2. The highest BCUT2D eigenvalue weighted by Gasteiger charge is 2.38. The van der Waals surface area contributed by atoms with Crippen LogP contribution in [0.4, 0.5) is 0 Å². The highest BCUT2D eigenvalue weighted by atomic mass is 16.5. The maximum Gasteiger partial charge on any atom is 0.290 e. The molecule has 2 aliphatic rings. The van der Waals surface area contributed by atoms with Crippen molar-refractivity contribution in [2.45, 2.75) is 37.5 Å². The first-order valence-corrected chi connectivity index (χ1v) is 9.47. The van der Waals surface area contributed by atoms with Gasteiger partial charge in [-0.15, -0.1) is 0 Å². The number of ether oxygens (including phenoxy) is 1. The minimum Gasteiger partial charge on any atom is -0.483 e.